The number of piperidine rings is 1. The van der Waals surface area contributed by atoms with Crippen molar-refractivity contribution in [2.24, 2.45) is 11.3 Å². The van der Waals surface area contributed by atoms with Crippen LogP contribution in [-0.2, 0) is 0 Å². The van der Waals surface area contributed by atoms with Crippen LogP contribution in [-0.4, -0.2) is 85.1 Å². The van der Waals surface area contributed by atoms with Crippen LogP contribution >= 0.6 is 0 Å². The van der Waals surface area contributed by atoms with Crippen molar-refractivity contribution in [1.29, 1.82) is 0 Å². The molecule has 7 heteroatoms. The summed E-state index contributed by atoms with van der Waals surface area (Å²) in [7, 11) is 0. The van der Waals surface area contributed by atoms with Crippen molar-refractivity contribution >= 4 is 27.4 Å². The third kappa shape index (κ3) is 4.49. The SMILES string of the molecule is Oc1cccc2c1[nH]c1c(C3=C[C@@]4(O)CC/C=C\CCCCN5CC[C@@H]3[C@]3(C[C@@H]6CC[C@H](O)CCCN6[C@H]34)C5)nccc12. The van der Waals surface area contributed by atoms with Gasteiger partial charge < -0.3 is 25.2 Å². The summed E-state index contributed by atoms with van der Waals surface area (Å²) in [6.07, 6.45) is 19.4. The molecule has 7 nitrogen and oxygen atoms in total. The van der Waals surface area contributed by atoms with Gasteiger partial charge in [0.1, 0.15) is 5.75 Å². The van der Waals surface area contributed by atoms with Crippen LogP contribution in [0.25, 0.3) is 27.4 Å². The van der Waals surface area contributed by atoms with Crippen molar-refractivity contribution in [1.82, 2.24) is 19.8 Å². The maximum atomic E-state index is 13.1. The van der Waals surface area contributed by atoms with E-state index in [1.807, 2.05) is 18.3 Å². The molecule has 0 saturated carbocycles. The number of phenols is 1. The summed E-state index contributed by atoms with van der Waals surface area (Å²) in [4.78, 5) is 14.0. The van der Waals surface area contributed by atoms with Gasteiger partial charge in [0.2, 0.25) is 0 Å². The van der Waals surface area contributed by atoms with E-state index < -0.39 is 5.60 Å². The Morgan fingerprint density at radius 3 is 2.72 bits per heavy atom. The molecular weight excluding hydrogens is 536 g/mol. The fraction of sp³-hybridized carbons (Fsp3) is 0.583. The fourth-order valence-electron chi connectivity index (χ4n) is 10.0. The monoisotopic (exact) mass is 582 g/mol. The summed E-state index contributed by atoms with van der Waals surface area (Å²) >= 11 is 0. The molecule has 3 bridgehead atoms. The highest BCUT2D eigenvalue weighted by Gasteiger charge is 2.66. The van der Waals surface area contributed by atoms with Crippen LogP contribution < -0.4 is 0 Å². The summed E-state index contributed by atoms with van der Waals surface area (Å²) in [5.41, 5.74) is 2.73. The first kappa shape index (κ1) is 27.8. The second-order valence-electron chi connectivity index (χ2n) is 14.2. The van der Waals surface area contributed by atoms with E-state index in [-0.39, 0.29) is 29.2 Å². The Labute approximate surface area is 254 Å². The number of hydrogen-bond donors (Lipinski definition) is 4. The lowest BCUT2D eigenvalue weighted by atomic mass is 9.54. The molecule has 6 heterocycles. The van der Waals surface area contributed by atoms with Crippen LogP contribution in [0.3, 0.4) is 0 Å². The topological polar surface area (TPSA) is 95.8 Å². The summed E-state index contributed by atoms with van der Waals surface area (Å²) in [6.45, 7) is 4.13. The zero-order chi connectivity index (χ0) is 29.2. The van der Waals surface area contributed by atoms with Crippen LogP contribution in [0.4, 0.5) is 0 Å². The summed E-state index contributed by atoms with van der Waals surface area (Å²) < 4.78 is 0. The molecule has 0 radical (unpaired) electrons. The number of aliphatic hydroxyl groups is 2. The zero-order valence-electron chi connectivity index (χ0n) is 25.2. The van der Waals surface area contributed by atoms with E-state index in [1.54, 1.807) is 6.07 Å². The van der Waals surface area contributed by atoms with Crippen molar-refractivity contribution in [2.45, 2.75) is 94.4 Å². The highest BCUT2D eigenvalue weighted by atomic mass is 16.3. The van der Waals surface area contributed by atoms with Crippen molar-refractivity contribution in [2.75, 3.05) is 26.2 Å². The molecule has 4 aliphatic heterocycles. The van der Waals surface area contributed by atoms with Gasteiger partial charge in [0.05, 0.1) is 28.4 Å². The number of benzene rings is 1. The number of nitrogens with one attached hydrogen (secondary N) is 1. The van der Waals surface area contributed by atoms with Crippen LogP contribution in [0, 0.1) is 11.3 Å². The number of rotatable bonds is 1. The second-order valence-corrected chi connectivity index (χ2v) is 14.2. The largest absolute Gasteiger partial charge is 0.506 e. The Morgan fingerprint density at radius 1 is 0.907 bits per heavy atom. The highest BCUT2D eigenvalue weighted by Crippen LogP contribution is 2.62. The number of phenolic OH excluding ortho intramolecular Hbond substituents is 1. The lowest BCUT2D eigenvalue weighted by Gasteiger charge is -2.58. The molecule has 7 atom stereocenters. The molecule has 3 aromatic rings. The van der Waals surface area contributed by atoms with Gasteiger partial charge in [0.15, 0.2) is 0 Å². The molecule has 2 aromatic heterocycles. The van der Waals surface area contributed by atoms with Gasteiger partial charge in [0.25, 0.3) is 0 Å². The number of nitrogens with zero attached hydrogens (tertiary/aromatic N) is 3. The summed E-state index contributed by atoms with van der Waals surface area (Å²) in [5.74, 6) is 0.531. The van der Waals surface area contributed by atoms with E-state index in [0.29, 0.717) is 12.5 Å². The molecule has 228 valence electrons. The normalized spacial score (nSPS) is 37.8. The Hall–Kier alpha value is -2.71. The first-order valence-electron chi connectivity index (χ1n) is 16.8. The minimum absolute atomic E-state index is 0.0527. The molecule has 1 aromatic carbocycles. The van der Waals surface area contributed by atoms with E-state index in [0.717, 1.165) is 105 Å². The van der Waals surface area contributed by atoms with Gasteiger partial charge in [-0.25, -0.2) is 0 Å². The van der Waals surface area contributed by atoms with E-state index in [4.69, 9.17) is 4.98 Å². The molecule has 3 saturated heterocycles. The van der Waals surface area contributed by atoms with Crippen LogP contribution in [0.15, 0.2) is 48.7 Å². The Balaban J connectivity index is 1.33. The number of pyridine rings is 1. The molecule has 8 rings (SSSR count). The third-order valence-electron chi connectivity index (χ3n) is 11.7. The molecule has 1 unspecified atom stereocenters. The van der Waals surface area contributed by atoms with Gasteiger partial charge in [-0.05, 0) is 120 Å². The Bertz CT molecular complexity index is 1580. The van der Waals surface area contributed by atoms with Crippen LogP contribution in [0.2, 0.25) is 0 Å². The van der Waals surface area contributed by atoms with Crippen molar-refractivity contribution in [3.05, 3.63) is 54.4 Å². The number of hydrogen-bond acceptors (Lipinski definition) is 6. The van der Waals surface area contributed by atoms with Crippen molar-refractivity contribution in [3.8, 4) is 5.75 Å². The lowest BCUT2D eigenvalue weighted by Crippen LogP contribution is -2.65. The number of aliphatic hydroxyl groups excluding tert-OH is 1. The molecule has 43 heavy (non-hydrogen) atoms. The molecule has 1 spiro atoms. The first-order valence-corrected chi connectivity index (χ1v) is 16.8. The van der Waals surface area contributed by atoms with Gasteiger partial charge >= 0.3 is 0 Å². The third-order valence-corrected chi connectivity index (χ3v) is 11.7. The van der Waals surface area contributed by atoms with Gasteiger partial charge in [-0.2, -0.15) is 0 Å². The molecule has 4 N–H and O–H groups in total. The zero-order valence-corrected chi connectivity index (χ0v) is 25.2. The molecule has 3 fully saturated rings. The van der Waals surface area contributed by atoms with Gasteiger partial charge in [0, 0.05) is 41.0 Å². The van der Waals surface area contributed by atoms with E-state index >= 15 is 0 Å². The smallest absolute Gasteiger partial charge is 0.139 e. The number of para-hydroxylation sites is 1. The number of fused-ring (bicyclic) bond motifs is 5. The number of aromatic amines is 1. The summed E-state index contributed by atoms with van der Waals surface area (Å²) in [5, 5.41) is 36.5. The quantitative estimate of drug-likeness (QED) is 0.273. The van der Waals surface area contributed by atoms with Gasteiger partial charge in [-0.3, -0.25) is 9.88 Å². The standard InChI is InChI=1S/C36H46N4O3/c41-25-9-8-19-40-24(12-13-25)21-35-23-39-18-6-4-2-1-3-5-16-36(43,34(35)40)22-28(29(35)15-20-39)32-33-27(14-17-37-32)26-10-7-11-30(42)31(26)38-33/h1,3,7,10-11,14,17,22,24-25,29,34,38,41-43H,2,4-6,8-9,12-13,15-16,18-21,23H2/b3-1-/t24-,25+,29-,34+,35-,36-/m0/s1. The average Bonchev–Trinajstić information content (AvgIpc) is 3.52. The number of H-pyrrole nitrogens is 1. The molecule has 0 amide bonds. The second kappa shape index (κ2) is 10.7. The Morgan fingerprint density at radius 2 is 1.79 bits per heavy atom. The van der Waals surface area contributed by atoms with Crippen LogP contribution in [0.5, 0.6) is 5.75 Å². The molecular formula is C36H46N4O3. The highest BCUT2D eigenvalue weighted by molar-refractivity contribution is 6.11. The van der Waals surface area contributed by atoms with Crippen LogP contribution in [0.1, 0.15) is 76.3 Å². The maximum Gasteiger partial charge on any atom is 0.139 e. The first-order chi connectivity index (χ1) is 21.0. The lowest BCUT2D eigenvalue weighted by molar-refractivity contribution is -0.0918. The molecule has 1 aliphatic carbocycles. The maximum absolute atomic E-state index is 13.1. The minimum Gasteiger partial charge on any atom is -0.506 e. The van der Waals surface area contributed by atoms with E-state index in [2.05, 4.69) is 39.1 Å². The predicted octanol–water partition coefficient (Wildman–Crippen LogP) is 5.76. The van der Waals surface area contributed by atoms with Crippen molar-refractivity contribution in [3.63, 3.8) is 0 Å². The van der Waals surface area contributed by atoms with Gasteiger partial charge in [-0.1, -0.05) is 24.3 Å². The number of allylic oxidation sites excluding steroid dienone is 3. The average molecular weight is 583 g/mol. The number of aromatic nitrogens is 2. The number of aromatic hydroxyl groups is 1. The molecule has 5 aliphatic rings. The predicted molar refractivity (Wildman–Crippen MR) is 171 cm³/mol. The Kier molecular flexibility index (Phi) is 6.94. The van der Waals surface area contributed by atoms with Crippen molar-refractivity contribution < 1.29 is 15.3 Å². The minimum atomic E-state index is -0.988. The van der Waals surface area contributed by atoms with E-state index in [1.165, 1.54) is 18.4 Å². The van der Waals surface area contributed by atoms with E-state index in [9.17, 15) is 15.3 Å². The summed E-state index contributed by atoms with van der Waals surface area (Å²) in [6, 6.07) is 8.16. The van der Waals surface area contributed by atoms with Gasteiger partial charge in [-0.15, -0.1) is 0 Å². The fourth-order valence-corrected chi connectivity index (χ4v) is 10.0.